The van der Waals surface area contributed by atoms with Gasteiger partial charge in [-0.2, -0.15) is 0 Å². The summed E-state index contributed by atoms with van der Waals surface area (Å²) in [5.41, 5.74) is 0. The minimum atomic E-state index is 0.375. The van der Waals surface area contributed by atoms with Gasteiger partial charge in [-0.1, -0.05) is 6.42 Å². The number of ether oxygens (including phenoxy) is 1. The maximum Gasteiger partial charge on any atom is 0.221 e. The Kier molecular flexibility index (Phi) is 2.80. The maximum atomic E-state index is 5.69. The van der Waals surface area contributed by atoms with Gasteiger partial charge >= 0.3 is 0 Å². The van der Waals surface area contributed by atoms with Gasteiger partial charge in [-0.05, 0) is 37.8 Å². The van der Waals surface area contributed by atoms with Crippen LogP contribution in [0.15, 0.2) is 18.3 Å². The average Bonchev–Trinajstić information content (AvgIpc) is 2.21. The van der Waals surface area contributed by atoms with Crippen molar-refractivity contribution in [2.45, 2.75) is 38.2 Å². The highest BCUT2D eigenvalue weighted by Crippen LogP contribution is 2.21. The zero-order chi connectivity index (χ0) is 8.93. The fourth-order valence-corrected chi connectivity index (χ4v) is 1.72. The van der Waals surface area contributed by atoms with E-state index >= 15 is 0 Å². The smallest absolute Gasteiger partial charge is 0.221 e. The van der Waals surface area contributed by atoms with Crippen LogP contribution in [0.3, 0.4) is 0 Å². The largest absolute Gasteiger partial charge is 0.474 e. The molecule has 1 saturated carbocycles. The third kappa shape index (κ3) is 2.44. The van der Waals surface area contributed by atoms with Crippen molar-refractivity contribution in [3.8, 4) is 5.88 Å². The first-order valence-electron chi connectivity index (χ1n) is 4.94. The predicted octanol–water partition coefficient (Wildman–Crippen LogP) is 2.59. The van der Waals surface area contributed by atoms with Crippen LogP contribution in [-0.2, 0) is 0 Å². The Bertz CT molecular complexity index is 242. The van der Waals surface area contributed by atoms with Gasteiger partial charge in [-0.25, -0.2) is 4.98 Å². The number of nitrogens with zero attached hydrogens (tertiary/aromatic N) is 1. The fraction of sp³-hybridized carbons (Fsp3) is 0.545. The van der Waals surface area contributed by atoms with Crippen molar-refractivity contribution < 1.29 is 4.74 Å². The molecule has 0 atom stereocenters. The predicted molar refractivity (Wildman–Crippen MR) is 50.6 cm³/mol. The van der Waals surface area contributed by atoms with E-state index in [0.29, 0.717) is 12.0 Å². The lowest BCUT2D eigenvalue weighted by molar-refractivity contribution is 0.148. The molecular formula is C11H14NO. The summed E-state index contributed by atoms with van der Waals surface area (Å²) in [5, 5.41) is 0. The summed E-state index contributed by atoms with van der Waals surface area (Å²) in [6, 6.07) is 6.68. The lowest BCUT2D eigenvalue weighted by Gasteiger charge is -2.21. The molecule has 0 aromatic carbocycles. The van der Waals surface area contributed by atoms with Gasteiger partial charge < -0.3 is 4.74 Å². The van der Waals surface area contributed by atoms with Gasteiger partial charge in [0.2, 0.25) is 5.88 Å². The molecule has 2 rings (SSSR count). The van der Waals surface area contributed by atoms with Crippen LogP contribution < -0.4 is 4.74 Å². The molecule has 0 aliphatic heterocycles. The molecule has 0 saturated heterocycles. The van der Waals surface area contributed by atoms with E-state index in [1.165, 1.54) is 32.1 Å². The zero-order valence-electron chi connectivity index (χ0n) is 7.70. The first kappa shape index (κ1) is 8.54. The molecule has 1 aliphatic carbocycles. The molecule has 0 unspecified atom stereocenters. The van der Waals surface area contributed by atoms with Crippen molar-refractivity contribution in [2.75, 3.05) is 0 Å². The maximum absolute atomic E-state index is 5.69. The second kappa shape index (κ2) is 4.26. The third-order valence-electron chi connectivity index (χ3n) is 2.41. The van der Waals surface area contributed by atoms with E-state index in [4.69, 9.17) is 4.74 Å². The summed E-state index contributed by atoms with van der Waals surface area (Å²) in [4.78, 5) is 4.10. The topological polar surface area (TPSA) is 22.1 Å². The van der Waals surface area contributed by atoms with Gasteiger partial charge in [0, 0.05) is 12.3 Å². The van der Waals surface area contributed by atoms with E-state index in [0.717, 1.165) is 0 Å². The molecular weight excluding hydrogens is 162 g/mol. The first-order valence-corrected chi connectivity index (χ1v) is 4.94. The van der Waals surface area contributed by atoms with Crippen molar-refractivity contribution in [3.63, 3.8) is 0 Å². The van der Waals surface area contributed by atoms with Crippen molar-refractivity contribution >= 4 is 0 Å². The number of pyridine rings is 1. The van der Waals surface area contributed by atoms with Crippen molar-refractivity contribution in [1.29, 1.82) is 0 Å². The minimum Gasteiger partial charge on any atom is -0.474 e. The van der Waals surface area contributed by atoms with Gasteiger partial charge in [0.25, 0.3) is 0 Å². The zero-order valence-corrected chi connectivity index (χ0v) is 7.70. The summed E-state index contributed by atoms with van der Waals surface area (Å²) in [5.74, 6) is 0.648. The van der Waals surface area contributed by atoms with Gasteiger partial charge in [0.1, 0.15) is 6.10 Å². The van der Waals surface area contributed by atoms with Crippen LogP contribution in [0.1, 0.15) is 32.1 Å². The molecule has 1 radical (unpaired) electrons. The number of hydrogen-bond acceptors (Lipinski definition) is 2. The first-order chi connectivity index (χ1) is 6.45. The Morgan fingerprint density at radius 2 is 2.15 bits per heavy atom. The molecule has 0 bridgehead atoms. The second-order valence-corrected chi connectivity index (χ2v) is 3.46. The summed E-state index contributed by atoms with van der Waals surface area (Å²) >= 11 is 0. The quantitative estimate of drug-likeness (QED) is 0.691. The SMILES string of the molecule is [c]1cccnc1OC1CCCCC1. The summed E-state index contributed by atoms with van der Waals surface area (Å²) in [7, 11) is 0. The third-order valence-corrected chi connectivity index (χ3v) is 2.41. The van der Waals surface area contributed by atoms with Crippen molar-refractivity contribution in [3.05, 3.63) is 24.4 Å². The van der Waals surface area contributed by atoms with Gasteiger partial charge in [-0.15, -0.1) is 0 Å². The van der Waals surface area contributed by atoms with Gasteiger partial charge in [0.05, 0.1) is 0 Å². The lowest BCUT2D eigenvalue weighted by atomic mass is 9.98. The fourth-order valence-electron chi connectivity index (χ4n) is 1.72. The van der Waals surface area contributed by atoms with E-state index < -0.39 is 0 Å². The molecule has 13 heavy (non-hydrogen) atoms. The standard InChI is InChI=1S/C11H14NO/c1-2-6-10(7-3-1)13-11-8-4-5-9-12-11/h4-5,9-10H,1-3,6-7H2. The van der Waals surface area contributed by atoms with Crippen LogP contribution in [0, 0.1) is 6.07 Å². The molecule has 1 fully saturated rings. The molecule has 0 spiro atoms. The Morgan fingerprint density at radius 3 is 2.85 bits per heavy atom. The average molecular weight is 176 g/mol. The van der Waals surface area contributed by atoms with Gasteiger partial charge in [0.15, 0.2) is 0 Å². The van der Waals surface area contributed by atoms with E-state index in [1.807, 2.05) is 12.1 Å². The summed E-state index contributed by atoms with van der Waals surface area (Å²) in [6.07, 6.45) is 8.39. The normalized spacial score (nSPS) is 18.5. The lowest BCUT2D eigenvalue weighted by Crippen LogP contribution is -2.20. The van der Waals surface area contributed by atoms with E-state index in [9.17, 15) is 0 Å². The van der Waals surface area contributed by atoms with Crippen LogP contribution in [-0.4, -0.2) is 11.1 Å². The van der Waals surface area contributed by atoms with Crippen molar-refractivity contribution in [1.82, 2.24) is 4.98 Å². The van der Waals surface area contributed by atoms with Gasteiger partial charge in [-0.3, -0.25) is 0 Å². The highest BCUT2D eigenvalue weighted by atomic mass is 16.5. The van der Waals surface area contributed by atoms with Crippen LogP contribution in [0.4, 0.5) is 0 Å². The Morgan fingerprint density at radius 1 is 1.31 bits per heavy atom. The highest BCUT2D eigenvalue weighted by molar-refractivity contribution is 5.07. The summed E-state index contributed by atoms with van der Waals surface area (Å²) in [6.45, 7) is 0. The molecule has 1 heterocycles. The highest BCUT2D eigenvalue weighted by Gasteiger charge is 2.14. The van der Waals surface area contributed by atoms with E-state index in [1.54, 1.807) is 6.20 Å². The Labute approximate surface area is 78.9 Å². The van der Waals surface area contributed by atoms with Crippen molar-refractivity contribution in [2.24, 2.45) is 0 Å². The molecule has 1 aromatic rings. The molecule has 0 N–H and O–H groups in total. The Balaban J connectivity index is 1.90. The van der Waals surface area contributed by atoms with Crippen LogP contribution in [0.2, 0.25) is 0 Å². The van der Waals surface area contributed by atoms with Crippen LogP contribution in [0.5, 0.6) is 5.88 Å². The molecule has 69 valence electrons. The Hall–Kier alpha value is -1.05. The molecule has 1 aliphatic rings. The van der Waals surface area contributed by atoms with Crippen LogP contribution in [0.25, 0.3) is 0 Å². The molecule has 0 amide bonds. The monoisotopic (exact) mass is 176 g/mol. The van der Waals surface area contributed by atoms with Crippen LogP contribution >= 0.6 is 0 Å². The number of aromatic nitrogens is 1. The van der Waals surface area contributed by atoms with E-state index in [-0.39, 0.29) is 0 Å². The molecule has 2 heteroatoms. The number of hydrogen-bond donors (Lipinski definition) is 0. The summed E-state index contributed by atoms with van der Waals surface area (Å²) < 4.78 is 5.69. The number of rotatable bonds is 2. The van der Waals surface area contributed by atoms with E-state index in [2.05, 4.69) is 11.1 Å². The molecule has 2 nitrogen and oxygen atoms in total. The second-order valence-electron chi connectivity index (χ2n) is 3.46. The molecule has 1 aromatic heterocycles. The minimum absolute atomic E-state index is 0.375.